The maximum absolute atomic E-state index is 13.3. The molecule has 1 aliphatic carbocycles. The lowest BCUT2D eigenvalue weighted by Gasteiger charge is -2.44. The molecule has 0 aromatic heterocycles. The Morgan fingerprint density at radius 3 is 2.34 bits per heavy atom. The van der Waals surface area contributed by atoms with Crippen LogP contribution >= 0.6 is 24.8 Å². The molecule has 0 unspecified atom stereocenters. The minimum atomic E-state index is -3.67. The van der Waals surface area contributed by atoms with Crippen molar-refractivity contribution in [2.24, 2.45) is 16.5 Å². The summed E-state index contributed by atoms with van der Waals surface area (Å²) in [6, 6.07) is 6.65. The number of fused-ring (bicyclic) bond motifs is 1. The molecule has 3 aliphatic rings. The zero-order valence-electron chi connectivity index (χ0n) is 16.4. The molecule has 0 spiro atoms. The molecule has 29 heavy (non-hydrogen) atoms. The van der Waals surface area contributed by atoms with Crippen LogP contribution in [0.15, 0.2) is 29.2 Å². The second-order valence-electron chi connectivity index (χ2n) is 8.05. The number of nitrogens with two attached hydrogens (primary N) is 1. The van der Waals surface area contributed by atoms with E-state index in [4.69, 9.17) is 5.14 Å². The average Bonchev–Trinajstić information content (AvgIpc) is 3.12. The average molecular weight is 465 g/mol. The maximum Gasteiger partial charge on any atom is 0.238 e. The van der Waals surface area contributed by atoms with E-state index in [2.05, 4.69) is 10.2 Å². The zero-order valence-corrected chi connectivity index (χ0v) is 18.8. The number of amides is 1. The summed E-state index contributed by atoms with van der Waals surface area (Å²) >= 11 is 0. The lowest BCUT2D eigenvalue weighted by Crippen LogP contribution is -2.56. The molecule has 3 fully saturated rings. The van der Waals surface area contributed by atoms with E-state index < -0.39 is 10.0 Å². The highest BCUT2D eigenvalue weighted by Gasteiger charge is 2.51. The number of primary sulfonamides is 1. The molecule has 0 bridgehead atoms. The fourth-order valence-electron chi connectivity index (χ4n) is 5.00. The number of hydrogen-bond donors (Lipinski definition) is 2. The van der Waals surface area contributed by atoms with Gasteiger partial charge in [-0.25, -0.2) is 13.6 Å². The highest BCUT2D eigenvalue weighted by Crippen LogP contribution is 2.45. The second kappa shape index (κ2) is 9.39. The summed E-state index contributed by atoms with van der Waals surface area (Å²) in [4.78, 5) is 17.7. The minimum absolute atomic E-state index is 0. The van der Waals surface area contributed by atoms with Crippen molar-refractivity contribution < 1.29 is 13.2 Å². The van der Waals surface area contributed by atoms with Crippen molar-refractivity contribution in [2.45, 2.75) is 30.6 Å². The van der Waals surface area contributed by atoms with Crippen LogP contribution in [0, 0.1) is 11.3 Å². The van der Waals surface area contributed by atoms with E-state index in [9.17, 15) is 13.2 Å². The Bertz CT molecular complexity index is 813. The molecule has 2 atom stereocenters. The van der Waals surface area contributed by atoms with Crippen molar-refractivity contribution >= 4 is 46.4 Å². The third-order valence-electron chi connectivity index (χ3n) is 6.56. The largest absolute Gasteiger partial charge is 0.368 e. The number of rotatable bonds is 3. The second-order valence-corrected chi connectivity index (χ2v) is 9.61. The monoisotopic (exact) mass is 464 g/mol. The van der Waals surface area contributed by atoms with Gasteiger partial charge >= 0.3 is 0 Å². The van der Waals surface area contributed by atoms with Crippen molar-refractivity contribution in [2.75, 3.05) is 44.2 Å². The Balaban J connectivity index is 0.00000150. The van der Waals surface area contributed by atoms with Gasteiger partial charge < -0.3 is 15.1 Å². The molecule has 4 rings (SSSR count). The molecule has 7 nitrogen and oxygen atoms in total. The number of sulfonamides is 1. The van der Waals surface area contributed by atoms with Crippen molar-refractivity contribution in [3.8, 4) is 0 Å². The summed E-state index contributed by atoms with van der Waals surface area (Å²) in [6.07, 6.45) is 4.57. The Hall–Kier alpha value is -1.06. The van der Waals surface area contributed by atoms with Gasteiger partial charge in [-0.1, -0.05) is 12.8 Å². The molecule has 10 heteroatoms. The van der Waals surface area contributed by atoms with Crippen LogP contribution in [0.3, 0.4) is 0 Å². The molecule has 1 aromatic carbocycles. The zero-order chi connectivity index (χ0) is 19.1. The van der Waals surface area contributed by atoms with Gasteiger partial charge in [0.1, 0.15) is 0 Å². The van der Waals surface area contributed by atoms with E-state index in [0.29, 0.717) is 24.9 Å². The van der Waals surface area contributed by atoms with Crippen LogP contribution in [-0.2, 0) is 14.8 Å². The van der Waals surface area contributed by atoms with Crippen molar-refractivity contribution in [3.63, 3.8) is 0 Å². The number of benzene rings is 1. The fraction of sp³-hybridized carbons (Fsp3) is 0.632. The molecule has 2 heterocycles. The number of nitrogens with one attached hydrogen (secondary N) is 1. The summed E-state index contributed by atoms with van der Waals surface area (Å²) in [5.41, 5.74) is 0.781. The first-order valence-electron chi connectivity index (χ1n) is 9.78. The SMILES string of the molecule is Cl.Cl.NS(=O)(=O)c1ccc(N2CCN(C(=O)[C@@]34CCCC[C@H]3CNC4)CC2)cc1. The number of carbonyl (C=O) groups is 1. The molecule has 1 amide bonds. The van der Waals surface area contributed by atoms with E-state index in [0.717, 1.165) is 51.1 Å². The summed E-state index contributed by atoms with van der Waals surface area (Å²) in [5.74, 6) is 0.823. The van der Waals surface area contributed by atoms with Gasteiger partial charge in [-0.2, -0.15) is 0 Å². The van der Waals surface area contributed by atoms with E-state index in [1.54, 1.807) is 12.1 Å². The van der Waals surface area contributed by atoms with Crippen LogP contribution in [0.2, 0.25) is 0 Å². The molecule has 164 valence electrons. The molecular formula is C19H30Cl2N4O3S. The van der Waals surface area contributed by atoms with Crippen LogP contribution in [0.5, 0.6) is 0 Å². The summed E-state index contributed by atoms with van der Waals surface area (Å²) < 4.78 is 22.8. The Kier molecular flexibility index (Phi) is 7.84. The number of anilines is 1. The van der Waals surface area contributed by atoms with Gasteiger partial charge in [-0.05, 0) is 49.6 Å². The van der Waals surface area contributed by atoms with Gasteiger partial charge in [0.05, 0.1) is 10.3 Å². The van der Waals surface area contributed by atoms with Crippen LogP contribution in [0.1, 0.15) is 25.7 Å². The van der Waals surface area contributed by atoms with E-state index >= 15 is 0 Å². The topological polar surface area (TPSA) is 95.7 Å². The smallest absolute Gasteiger partial charge is 0.238 e. The number of nitrogens with zero attached hydrogens (tertiary/aromatic N) is 2. The first-order chi connectivity index (χ1) is 12.9. The summed E-state index contributed by atoms with van der Waals surface area (Å²) in [7, 11) is -3.67. The Morgan fingerprint density at radius 1 is 1.07 bits per heavy atom. The fourth-order valence-corrected chi connectivity index (χ4v) is 5.51. The number of carbonyl (C=O) groups excluding carboxylic acids is 1. The highest BCUT2D eigenvalue weighted by atomic mass is 35.5. The molecular weight excluding hydrogens is 435 g/mol. The van der Waals surface area contributed by atoms with Gasteiger partial charge in [0.15, 0.2) is 0 Å². The van der Waals surface area contributed by atoms with Gasteiger partial charge in [-0.3, -0.25) is 4.79 Å². The lowest BCUT2D eigenvalue weighted by molar-refractivity contribution is -0.145. The molecule has 0 radical (unpaired) electrons. The normalized spacial score (nSPS) is 26.9. The molecule has 3 N–H and O–H groups in total. The number of halogens is 2. The number of piperazine rings is 1. The standard InChI is InChI=1S/C19H28N4O3S.2ClH/c20-27(25,26)17-6-4-16(5-7-17)22-9-11-23(12-10-22)18(24)19-8-2-1-3-15(19)13-21-14-19;;/h4-7,15,21H,1-3,8-14H2,(H2,20,25,26);2*1H/t15-,19+;;/m0../s1. The van der Waals surface area contributed by atoms with E-state index in [1.807, 2.05) is 4.90 Å². The Morgan fingerprint density at radius 2 is 1.72 bits per heavy atom. The predicted molar refractivity (Wildman–Crippen MR) is 118 cm³/mol. The van der Waals surface area contributed by atoms with E-state index in [-0.39, 0.29) is 35.1 Å². The van der Waals surface area contributed by atoms with Crippen LogP contribution in [0.25, 0.3) is 0 Å². The van der Waals surface area contributed by atoms with E-state index in [1.165, 1.54) is 18.6 Å². The third kappa shape index (κ3) is 4.66. The van der Waals surface area contributed by atoms with Gasteiger partial charge in [0, 0.05) is 38.4 Å². The van der Waals surface area contributed by atoms with Gasteiger partial charge in [-0.15, -0.1) is 24.8 Å². The summed E-state index contributed by atoms with van der Waals surface area (Å²) in [5, 5.41) is 8.62. The minimum Gasteiger partial charge on any atom is -0.368 e. The first kappa shape index (κ1) is 24.2. The predicted octanol–water partition coefficient (Wildman–Crippen LogP) is 1.61. The molecule has 1 saturated carbocycles. The third-order valence-corrected chi connectivity index (χ3v) is 7.49. The van der Waals surface area contributed by atoms with Crippen LogP contribution in [-0.4, -0.2) is 58.5 Å². The van der Waals surface area contributed by atoms with Gasteiger partial charge in [0.2, 0.25) is 15.9 Å². The number of hydrogen-bond acceptors (Lipinski definition) is 5. The van der Waals surface area contributed by atoms with Crippen LogP contribution in [0.4, 0.5) is 5.69 Å². The van der Waals surface area contributed by atoms with Crippen LogP contribution < -0.4 is 15.4 Å². The maximum atomic E-state index is 13.3. The molecule has 1 aromatic rings. The van der Waals surface area contributed by atoms with Crippen molar-refractivity contribution in [3.05, 3.63) is 24.3 Å². The van der Waals surface area contributed by atoms with Crippen molar-refractivity contribution in [1.29, 1.82) is 0 Å². The van der Waals surface area contributed by atoms with Gasteiger partial charge in [0.25, 0.3) is 0 Å². The highest BCUT2D eigenvalue weighted by molar-refractivity contribution is 7.89. The molecule has 2 aliphatic heterocycles. The lowest BCUT2D eigenvalue weighted by atomic mass is 9.67. The first-order valence-corrected chi connectivity index (χ1v) is 11.3. The quantitative estimate of drug-likeness (QED) is 0.707. The molecule has 2 saturated heterocycles. The Labute approximate surface area is 185 Å². The summed E-state index contributed by atoms with van der Waals surface area (Å²) in [6.45, 7) is 4.74. The van der Waals surface area contributed by atoms with Crippen molar-refractivity contribution in [1.82, 2.24) is 10.2 Å².